The van der Waals surface area contributed by atoms with Crippen molar-refractivity contribution in [2.24, 2.45) is 0 Å². The second-order valence-corrected chi connectivity index (χ2v) is 6.94. The average molecular weight is 287 g/mol. The van der Waals surface area contributed by atoms with Gasteiger partial charge in [-0.3, -0.25) is 0 Å². The van der Waals surface area contributed by atoms with E-state index in [-0.39, 0.29) is 11.7 Å². The van der Waals surface area contributed by atoms with Crippen LogP contribution in [0.25, 0.3) is 0 Å². The highest BCUT2D eigenvalue weighted by atomic mass is 16.5. The molecule has 2 fully saturated rings. The Bertz CT molecular complexity index is 510. The molecule has 2 heterocycles. The summed E-state index contributed by atoms with van der Waals surface area (Å²) in [5, 5.41) is 10.2. The Kier molecular flexibility index (Phi) is 3.43. The standard InChI is InChI=1S/C18H25NO2/c20-17-7-11-19(16-6-2-1-5-15(16)17)14-8-12-21-18(13-14)9-3-4-10-18/h1-2,5-6,14,17,20H,3-4,7-13H2. The van der Waals surface area contributed by atoms with E-state index in [0.29, 0.717) is 6.04 Å². The molecular formula is C18H25NO2. The number of fused-ring (bicyclic) bond motifs is 1. The Morgan fingerprint density at radius 1 is 1.14 bits per heavy atom. The molecule has 4 rings (SSSR count). The smallest absolute Gasteiger partial charge is 0.0826 e. The van der Waals surface area contributed by atoms with E-state index < -0.39 is 0 Å². The first-order valence-electron chi connectivity index (χ1n) is 8.45. The second kappa shape index (κ2) is 5.29. The van der Waals surface area contributed by atoms with E-state index in [2.05, 4.69) is 23.1 Å². The lowest BCUT2D eigenvalue weighted by Gasteiger charge is -2.46. The Hall–Kier alpha value is -1.06. The van der Waals surface area contributed by atoms with E-state index in [1.165, 1.54) is 31.4 Å². The van der Waals surface area contributed by atoms with E-state index in [9.17, 15) is 5.11 Å². The molecule has 114 valence electrons. The zero-order valence-electron chi connectivity index (χ0n) is 12.6. The molecule has 1 aliphatic carbocycles. The topological polar surface area (TPSA) is 32.7 Å². The molecule has 3 nitrogen and oxygen atoms in total. The fraction of sp³-hybridized carbons (Fsp3) is 0.667. The fourth-order valence-corrected chi connectivity index (χ4v) is 4.58. The number of benzene rings is 1. The Morgan fingerprint density at radius 2 is 1.95 bits per heavy atom. The molecule has 2 unspecified atom stereocenters. The molecule has 1 saturated carbocycles. The van der Waals surface area contributed by atoms with Crippen molar-refractivity contribution in [2.45, 2.75) is 62.7 Å². The first-order valence-corrected chi connectivity index (χ1v) is 8.45. The number of ether oxygens (including phenoxy) is 1. The summed E-state index contributed by atoms with van der Waals surface area (Å²) in [7, 11) is 0. The monoisotopic (exact) mass is 287 g/mol. The molecular weight excluding hydrogens is 262 g/mol. The van der Waals surface area contributed by atoms with E-state index in [1.807, 2.05) is 6.07 Å². The van der Waals surface area contributed by atoms with Gasteiger partial charge in [0.1, 0.15) is 0 Å². The van der Waals surface area contributed by atoms with E-state index >= 15 is 0 Å². The third-order valence-electron chi connectivity index (χ3n) is 5.67. The third kappa shape index (κ3) is 2.36. The van der Waals surface area contributed by atoms with Gasteiger partial charge in [-0.25, -0.2) is 0 Å². The maximum atomic E-state index is 10.2. The third-order valence-corrected chi connectivity index (χ3v) is 5.67. The molecule has 0 aromatic heterocycles. The van der Waals surface area contributed by atoms with Crippen molar-refractivity contribution in [1.82, 2.24) is 0 Å². The number of hydrogen-bond donors (Lipinski definition) is 1. The number of hydrogen-bond acceptors (Lipinski definition) is 3. The summed E-state index contributed by atoms with van der Waals surface area (Å²) >= 11 is 0. The molecule has 1 N–H and O–H groups in total. The summed E-state index contributed by atoms with van der Waals surface area (Å²) in [5.41, 5.74) is 2.51. The highest BCUT2D eigenvalue weighted by Gasteiger charge is 2.42. The van der Waals surface area contributed by atoms with Gasteiger partial charge in [0.2, 0.25) is 0 Å². The van der Waals surface area contributed by atoms with Gasteiger partial charge in [-0.05, 0) is 38.2 Å². The molecule has 1 spiro atoms. The number of aliphatic hydroxyl groups is 1. The van der Waals surface area contributed by atoms with Crippen molar-refractivity contribution in [2.75, 3.05) is 18.1 Å². The SMILES string of the molecule is OC1CCN(C2CCOC3(CCCC3)C2)c2ccccc21. The number of aliphatic hydroxyl groups excluding tert-OH is 1. The molecule has 2 aliphatic heterocycles. The molecule has 1 saturated heterocycles. The first kappa shape index (κ1) is 13.6. The summed E-state index contributed by atoms with van der Waals surface area (Å²) in [6.45, 7) is 1.87. The summed E-state index contributed by atoms with van der Waals surface area (Å²) in [4.78, 5) is 2.55. The van der Waals surface area contributed by atoms with Crippen LogP contribution in [0.15, 0.2) is 24.3 Å². The molecule has 3 heteroatoms. The van der Waals surface area contributed by atoms with Crippen LogP contribution in [0.4, 0.5) is 5.69 Å². The number of nitrogens with zero attached hydrogens (tertiary/aromatic N) is 1. The van der Waals surface area contributed by atoms with Crippen LogP contribution in [-0.4, -0.2) is 29.9 Å². The van der Waals surface area contributed by atoms with Crippen LogP contribution in [0.2, 0.25) is 0 Å². The van der Waals surface area contributed by atoms with E-state index in [4.69, 9.17) is 4.74 Å². The predicted octanol–water partition coefficient (Wildman–Crippen LogP) is 3.42. The number of rotatable bonds is 1. The van der Waals surface area contributed by atoms with Crippen molar-refractivity contribution in [3.63, 3.8) is 0 Å². The van der Waals surface area contributed by atoms with E-state index in [0.717, 1.165) is 38.0 Å². The molecule has 1 aromatic carbocycles. The maximum absolute atomic E-state index is 10.2. The largest absolute Gasteiger partial charge is 0.388 e. The van der Waals surface area contributed by atoms with Gasteiger partial charge in [0, 0.05) is 30.4 Å². The van der Waals surface area contributed by atoms with Crippen molar-refractivity contribution in [3.05, 3.63) is 29.8 Å². The summed E-state index contributed by atoms with van der Waals surface area (Å²) < 4.78 is 6.18. The Labute approximate surface area is 126 Å². The summed E-state index contributed by atoms with van der Waals surface area (Å²) in [6, 6.07) is 8.96. The fourth-order valence-electron chi connectivity index (χ4n) is 4.58. The van der Waals surface area contributed by atoms with Crippen molar-refractivity contribution < 1.29 is 9.84 Å². The zero-order chi connectivity index (χ0) is 14.3. The van der Waals surface area contributed by atoms with Crippen LogP contribution >= 0.6 is 0 Å². The lowest BCUT2D eigenvalue weighted by Crippen LogP contribution is -2.49. The molecule has 0 radical (unpaired) electrons. The van der Waals surface area contributed by atoms with Crippen LogP contribution in [0.1, 0.15) is 56.6 Å². The van der Waals surface area contributed by atoms with Gasteiger partial charge < -0.3 is 14.7 Å². The summed E-state index contributed by atoms with van der Waals surface area (Å²) in [5.74, 6) is 0. The Balaban J connectivity index is 1.60. The van der Waals surface area contributed by atoms with E-state index in [1.54, 1.807) is 0 Å². The number of para-hydroxylation sites is 1. The van der Waals surface area contributed by atoms with Crippen LogP contribution < -0.4 is 4.90 Å². The van der Waals surface area contributed by atoms with Crippen molar-refractivity contribution in [1.29, 1.82) is 0 Å². The molecule has 2 atom stereocenters. The van der Waals surface area contributed by atoms with Gasteiger partial charge in [0.05, 0.1) is 11.7 Å². The normalized spacial score (nSPS) is 31.4. The van der Waals surface area contributed by atoms with Gasteiger partial charge in [-0.15, -0.1) is 0 Å². The maximum Gasteiger partial charge on any atom is 0.0826 e. The van der Waals surface area contributed by atoms with Crippen LogP contribution in [0.5, 0.6) is 0 Å². The van der Waals surface area contributed by atoms with Gasteiger partial charge in [-0.2, -0.15) is 0 Å². The van der Waals surface area contributed by atoms with Gasteiger partial charge in [0.15, 0.2) is 0 Å². The number of anilines is 1. The molecule has 0 amide bonds. The summed E-state index contributed by atoms with van der Waals surface area (Å²) in [6.07, 6.45) is 7.95. The molecule has 21 heavy (non-hydrogen) atoms. The average Bonchev–Trinajstić information content (AvgIpc) is 2.96. The van der Waals surface area contributed by atoms with Crippen molar-refractivity contribution >= 4 is 5.69 Å². The quantitative estimate of drug-likeness (QED) is 0.859. The Morgan fingerprint density at radius 3 is 2.81 bits per heavy atom. The van der Waals surface area contributed by atoms with Crippen LogP contribution in [-0.2, 0) is 4.74 Å². The zero-order valence-corrected chi connectivity index (χ0v) is 12.6. The minimum Gasteiger partial charge on any atom is -0.388 e. The second-order valence-electron chi connectivity index (χ2n) is 6.94. The predicted molar refractivity (Wildman–Crippen MR) is 83.5 cm³/mol. The van der Waals surface area contributed by atoms with Gasteiger partial charge in [0.25, 0.3) is 0 Å². The molecule has 3 aliphatic rings. The minimum atomic E-state index is -0.294. The van der Waals surface area contributed by atoms with Gasteiger partial charge in [-0.1, -0.05) is 31.0 Å². The lowest BCUT2D eigenvalue weighted by atomic mass is 9.86. The molecule has 0 bridgehead atoms. The van der Waals surface area contributed by atoms with Crippen LogP contribution in [0, 0.1) is 0 Å². The minimum absolute atomic E-state index is 0.161. The highest BCUT2D eigenvalue weighted by Crippen LogP contribution is 2.44. The van der Waals surface area contributed by atoms with Crippen molar-refractivity contribution in [3.8, 4) is 0 Å². The van der Waals surface area contributed by atoms with Crippen LogP contribution in [0.3, 0.4) is 0 Å². The highest BCUT2D eigenvalue weighted by molar-refractivity contribution is 5.57. The first-order chi connectivity index (χ1) is 10.3. The van der Waals surface area contributed by atoms with Gasteiger partial charge >= 0.3 is 0 Å². The lowest BCUT2D eigenvalue weighted by molar-refractivity contribution is -0.0803. The molecule has 1 aromatic rings.